The minimum absolute atomic E-state index is 0.299. The molecule has 1 atom stereocenters. The Morgan fingerprint density at radius 3 is 2.30 bits per heavy atom. The van der Waals surface area contributed by atoms with Gasteiger partial charge in [-0.1, -0.05) is 30.3 Å². The lowest BCUT2D eigenvalue weighted by Gasteiger charge is -2.40. The average molecular weight is 570 g/mol. The smallest absolute Gasteiger partial charge is 0.179 e. The Kier molecular flexibility index (Phi) is 6.42. The van der Waals surface area contributed by atoms with Crippen LogP contribution in [0.15, 0.2) is 95.0 Å². The van der Waals surface area contributed by atoms with Crippen LogP contribution in [0.3, 0.4) is 0 Å². The Morgan fingerprint density at radius 2 is 1.56 bits per heavy atom. The van der Waals surface area contributed by atoms with Gasteiger partial charge in [-0.25, -0.2) is 15.0 Å². The van der Waals surface area contributed by atoms with Gasteiger partial charge in [-0.05, 0) is 86.0 Å². The molecular weight excluding hydrogens is 538 g/mol. The Hall–Kier alpha value is -5.44. The van der Waals surface area contributed by atoms with Crippen LogP contribution in [0.25, 0.3) is 5.82 Å². The van der Waals surface area contributed by atoms with E-state index in [0.29, 0.717) is 34.8 Å². The average Bonchev–Trinajstić information content (AvgIpc) is 3.35. The summed E-state index contributed by atoms with van der Waals surface area (Å²) in [5.74, 6) is 4.03. The molecule has 0 saturated carbocycles. The first-order chi connectivity index (χ1) is 20.9. The van der Waals surface area contributed by atoms with E-state index in [1.165, 1.54) is 0 Å². The van der Waals surface area contributed by atoms with E-state index in [1.54, 1.807) is 20.4 Å². The summed E-state index contributed by atoms with van der Waals surface area (Å²) in [6.45, 7) is 6.20. The first kappa shape index (κ1) is 26.5. The van der Waals surface area contributed by atoms with E-state index in [-0.39, 0.29) is 6.04 Å². The third kappa shape index (κ3) is 4.50. The predicted octanol–water partition coefficient (Wildman–Crippen LogP) is 7.01. The highest BCUT2D eigenvalue weighted by atomic mass is 16.5. The lowest BCUT2D eigenvalue weighted by Crippen LogP contribution is -2.46. The number of ether oxygens (including phenoxy) is 2. The molecule has 2 aromatic heterocycles. The third-order valence-electron chi connectivity index (χ3n) is 7.71. The fraction of sp³-hybridized carbons (Fsp3) is 0.176. The summed E-state index contributed by atoms with van der Waals surface area (Å²) in [4.78, 5) is 17.2. The van der Waals surface area contributed by atoms with Crippen molar-refractivity contribution >= 4 is 34.6 Å². The second-order valence-electron chi connectivity index (χ2n) is 10.7. The molecule has 0 spiro atoms. The summed E-state index contributed by atoms with van der Waals surface area (Å²) in [6, 6.07) is 26.0. The van der Waals surface area contributed by atoms with Gasteiger partial charge in [0.25, 0.3) is 0 Å². The normalized spacial score (nSPS) is 15.1. The highest BCUT2D eigenvalue weighted by molar-refractivity contribution is 6.51. The van der Waals surface area contributed by atoms with Crippen LogP contribution < -0.4 is 19.7 Å². The summed E-state index contributed by atoms with van der Waals surface area (Å²) in [6.07, 6.45) is 1.76. The minimum atomic E-state index is -0.299. The van der Waals surface area contributed by atoms with Gasteiger partial charge in [-0.3, -0.25) is 0 Å². The number of nitrogens with one attached hydrogen (secondary N) is 1. The molecule has 1 N–H and O–H groups in total. The standard InChI is InChI=1S/C34H31N7O2/c1-20-16-21(2)18-24(17-20)36-32-34-38-33-30(22(3)39-41(33)29-12-8-9-15-35-29)31(23-13-14-27(42-4)28(19-23)43-5)40(34)26-11-7-6-10-25(26)37-32/h6-19,31H,1-5H3,(H,36,37)/t31-/m0/s1. The number of aryl methyl sites for hydroxylation is 3. The molecule has 0 saturated heterocycles. The zero-order valence-corrected chi connectivity index (χ0v) is 24.7. The van der Waals surface area contributed by atoms with Crippen molar-refractivity contribution < 1.29 is 9.47 Å². The van der Waals surface area contributed by atoms with Crippen molar-refractivity contribution in [2.45, 2.75) is 26.8 Å². The van der Waals surface area contributed by atoms with Crippen LogP contribution in [-0.2, 0) is 0 Å². The van der Waals surface area contributed by atoms with Gasteiger partial charge in [0.1, 0.15) is 0 Å². The fourth-order valence-electron chi connectivity index (χ4n) is 5.96. The first-order valence-corrected chi connectivity index (χ1v) is 14.1. The number of methoxy groups -OCH3 is 2. The van der Waals surface area contributed by atoms with Gasteiger partial charge in [0, 0.05) is 17.4 Å². The summed E-state index contributed by atoms with van der Waals surface area (Å²) in [5.41, 5.74) is 7.89. The van der Waals surface area contributed by atoms with Crippen LogP contribution in [0.2, 0.25) is 0 Å². The molecule has 0 amide bonds. The highest BCUT2D eigenvalue weighted by Gasteiger charge is 2.41. The van der Waals surface area contributed by atoms with E-state index in [9.17, 15) is 0 Å². The highest BCUT2D eigenvalue weighted by Crippen LogP contribution is 2.49. The number of anilines is 2. The minimum Gasteiger partial charge on any atom is -0.493 e. The van der Waals surface area contributed by atoms with E-state index in [2.05, 4.69) is 59.4 Å². The van der Waals surface area contributed by atoms with Crippen LogP contribution in [0, 0.1) is 20.8 Å². The van der Waals surface area contributed by atoms with Gasteiger partial charge < -0.3 is 19.7 Å². The largest absolute Gasteiger partial charge is 0.493 e. The van der Waals surface area contributed by atoms with Gasteiger partial charge in [-0.15, -0.1) is 0 Å². The number of hydrogen-bond acceptors (Lipinski definition) is 8. The molecule has 4 heterocycles. The van der Waals surface area contributed by atoms with Crippen LogP contribution in [0.4, 0.5) is 22.9 Å². The molecular formula is C34H31N7O2. The number of pyridine rings is 1. The van der Waals surface area contributed by atoms with Crippen LogP contribution >= 0.6 is 0 Å². The molecule has 5 aromatic rings. The molecule has 0 bridgehead atoms. The van der Waals surface area contributed by atoms with E-state index >= 15 is 0 Å². The van der Waals surface area contributed by atoms with E-state index in [1.807, 2.05) is 60.1 Å². The summed E-state index contributed by atoms with van der Waals surface area (Å²) >= 11 is 0. The molecule has 0 aliphatic carbocycles. The summed E-state index contributed by atoms with van der Waals surface area (Å²) in [5, 5.41) is 8.56. The number of nitrogens with zero attached hydrogens (tertiary/aromatic N) is 6. The number of fused-ring (bicyclic) bond motifs is 4. The van der Waals surface area contributed by atoms with Crippen molar-refractivity contribution in [3.8, 4) is 17.3 Å². The molecule has 2 aliphatic heterocycles. The lowest BCUT2D eigenvalue weighted by atomic mass is 9.93. The SMILES string of the molecule is COc1ccc([C@H]2c3c(C)nn(-c4ccccn4)c3N=C3C(Nc4cc(C)cc(C)c4)=Nc4ccccc4N32)cc1OC. The number of rotatable bonds is 5. The topological polar surface area (TPSA) is 89.2 Å². The lowest BCUT2D eigenvalue weighted by molar-refractivity contribution is 0.354. The molecule has 9 heteroatoms. The maximum absolute atomic E-state index is 5.75. The molecule has 7 rings (SSSR count). The first-order valence-electron chi connectivity index (χ1n) is 14.1. The summed E-state index contributed by atoms with van der Waals surface area (Å²) in [7, 11) is 3.30. The zero-order valence-electron chi connectivity index (χ0n) is 24.7. The van der Waals surface area contributed by atoms with E-state index in [4.69, 9.17) is 24.6 Å². The molecule has 0 unspecified atom stereocenters. The number of benzene rings is 3. The second kappa shape index (κ2) is 10.4. The van der Waals surface area contributed by atoms with E-state index < -0.39 is 0 Å². The number of amidine groups is 2. The molecule has 214 valence electrons. The van der Waals surface area contributed by atoms with Crippen molar-refractivity contribution in [3.63, 3.8) is 0 Å². The molecule has 2 aliphatic rings. The van der Waals surface area contributed by atoms with Crippen molar-refractivity contribution in [1.29, 1.82) is 0 Å². The molecule has 0 fully saturated rings. The quantitative estimate of drug-likeness (QED) is 0.245. The Bertz CT molecular complexity index is 1910. The third-order valence-corrected chi connectivity index (χ3v) is 7.71. The molecule has 43 heavy (non-hydrogen) atoms. The van der Waals surface area contributed by atoms with Crippen molar-refractivity contribution in [2.75, 3.05) is 24.4 Å². The maximum Gasteiger partial charge on any atom is 0.179 e. The summed E-state index contributed by atoms with van der Waals surface area (Å²) < 4.78 is 13.1. The monoisotopic (exact) mass is 569 g/mol. The van der Waals surface area contributed by atoms with Crippen molar-refractivity contribution in [3.05, 3.63) is 113 Å². The molecule has 0 radical (unpaired) electrons. The molecule has 9 nitrogen and oxygen atoms in total. The van der Waals surface area contributed by atoms with Crippen molar-refractivity contribution in [2.24, 2.45) is 9.98 Å². The predicted molar refractivity (Wildman–Crippen MR) is 170 cm³/mol. The Labute approximate surface area is 250 Å². The Balaban J connectivity index is 1.50. The number of hydrogen-bond donors (Lipinski definition) is 1. The maximum atomic E-state index is 5.75. The van der Waals surface area contributed by atoms with Gasteiger partial charge in [0.15, 0.2) is 34.8 Å². The zero-order chi connectivity index (χ0) is 29.7. The number of para-hydroxylation sites is 2. The van der Waals surface area contributed by atoms with Gasteiger partial charge >= 0.3 is 0 Å². The van der Waals surface area contributed by atoms with Crippen LogP contribution in [0.5, 0.6) is 11.5 Å². The van der Waals surface area contributed by atoms with Gasteiger partial charge in [0.2, 0.25) is 0 Å². The fourth-order valence-corrected chi connectivity index (χ4v) is 5.96. The molecule has 3 aromatic carbocycles. The Morgan fingerprint density at radius 1 is 0.791 bits per heavy atom. The van der Waals surface area contributed by atoms with Crippen LogP contribution in [-0.4, -0.2) is 40.7 Å². The number of aliphatic imine (C=N–C) groups is 2. The van der Waals surface area contributed by atoms with Crippen LogP contribution in [0.1, 0.15) is 34.0 Å². The van der Waals surface area contributed by atoms with Gasteiger partial charge in [-0.2, -0.15) is 9.78 Å². The van der Waals surface area contributed by atoms with Crippen molar-refractivity contribution in [1.82, 2.24) is 14.8 Å². The van der Waals surface area contributed by atoms with E-state index in [0.717, 1.165) is 45.0 Å². The number of aromatic nitrogens is 3. The second-order valence-corrected chi connectivity index (χ2v) is 10.7. The van der Waals surface area contributed by atoms with Gasteiger partial charge in [0.05, 0.1) is 37.3 Å².